The number of carbonyl (C=O) groups is 1. The Morgan fingerprint density at radius 3 is 2.33 bits per heavy atom. The van der Waals surface area contributed by atoms with E-state index in [1.165, 1.54) is 0 Å². The van der Waals surface area contributed by atoms with Crippen LogP contribution >= 0.6 is 0 Å². The summed E-state index contributed by atoms with van der Waals surface area (Å²) in [5.41, 5.74) is -0.117. The van der Waals surface area contributed by atoms with E-state index < -0.39 is 11.6 Å². The predicted octanol–water partition coefficient (Wildman–Crippen LogP) is 3.20. The minimum atomic E-state index is -0.636. The maximum absolute atomic E-state index is 13.6. The highest BCUT2D eigenvalue weighted by atomic mass is 19.1. The Morgan fingerprint density at radius 1 is 1.12 bits per heavy atom. The van der Waals surface area contributed by atoms with Crippen LogP contribution in [0.5, 0.6) is 0 Å². The monoisotopic (exact) mass is 341 g/mol. The highest BCUT2D eigenvalue weighted by molar-refractivity contribution is 5.92. The summed E-state index contributed by atoms with van der Waals surface area (Å²) in [5.74, 6) is -1.13. The third-order valence-corrected chi connectivity index (χ3v) is 3.82. The summed E-state index contributed by atoms with van der Waals surface area (Å²) in [5, 5.41) is 2.46. The van der Waals surface area contributed by atoms with Crippen LogP contribution in [0.3, 0.4) is 0 Å². The second-order valence-corrected chi connectivity index (χ2v) is 6.33. The number of rotatable bonds is 10. The molecule has 0 aromatic heterocycles. The van der Waals surface area contributed by atoms with Gasteiger partial charge >= 0.3 is 0 Å². The first kappa shape index (κ1) is 20.5. The van der Waals surface area contributed by atoms with Crippen LogP contribution in [0.2, 0.25) is 0 Å². The third kappa shape index (κ3) is 7.36. The lowest BCUT2D eigenvalue weighted by Gasteiger charge is -2.27. The van der Waals surface area contributed by atoms with Gasteiger partial charge in [0.05, 0.1) is 12.2 Å². The molecule has 0 aliphatic heterocycles. The van der Waals surface area contributed by atoms with E-state index in [0.29, 0.717) is 5.92 Å². The second kappa shape index (κ2) is 10.4. The summed E-state index contributed by atoms with van der Waals surface area (Å²) in [7, 11) is 0. The Morgan fingerprint density at radius 2 is 1.75 bits per heavy atom. The molecule has 0 atom stereocenters. The molecule has 0 aliphatic carbocycles. The van der Waals surface area contributed by atoms with Gasteiger partial charge in [-0.15, -0.1) is 0 Å². The van der Waals surface area contributed by atoms with Crippen LogP contribution in [0.15, 0.2) is 18.2 Å². The summed E-state index contributed by atoms with van der Waals surface area (Å²) in [6.45, 7) is 12.9. The van der Waals surface area contributed by atoms with E-state index in [1.54, 1.807) is 0 Å². The fraction of sp³-hybridized carbons (Fsp3) is 0.611. The molecule has 1 N–H and O–H groups in total. The minimum absolute atomic E-state index is 0.117. The SMILES string of the molecule is CCN(CC)CCN(CC(=O)Nc1cc(F)ccc1F)CC(C)C. The van der Waals surface area contributed by atoms with Crippen LogP contribution in [0.4, 0.5) is 14.5 Å². The summed E-state index contributed by atoms with van der Waals surface area (Å²) in [4.78, 5) is 16.5. The normalized spacial score (nSPS) is 11.5. The molecule has 0 unspecified atom stereocenters. The van der Waals surface area contributed by atoms with Crippen molar-refractivity contribution in [3.8, 4) is 0 Å². The quantitative estimate of drug-likeness (QED) is 0.710. The summed E-state index contributed by atoms with van der Waals surface area (Å²) < 4.78 is 26.8. The minimum Gasteiger partial charge on any atom is -0.322 e. The van der Waals surface area contributed by atoms with Crippen LogP contribution < -0.4 is 5.32 Å². The van der Waals surface area contributed by atoms with E-state index >= 15 is 0 Å². The van der Waals surface area contributed by atoms with Gasteiger partial charge in [-0.1, -0.05) is 27.7 Å². The molecule has 6 heteroatoms. The average molecular weight is 341 g/mol. The maximum Gasteiger partial charge on any atom is 0.238 e. The van der Waals surface area contributed by atoms with E-state index in [-0.39, 0.29) is 18.1 Å². The van der Waals surface area contributed by atoms with Crippen molar-refractivity contribution >= 4 is 11.6 Å². The Hall–Kier alpha value is -1.53. The van der Waals surface area contributed by atoms with Gasteiger partial charge in [-0.05, 0) is 31.1 Å². The van der Waals surface area contributed by atoms with Crippen LogP contribution in [0.25, 0.3) is 0 Å². The molecule has 0 saturated heterocycles. The fourth-order valence-corrected chi connectivity index (χ4v) is 2.56. The van der Waals surface area contributed by atoms with Crippen molar-refractivity contribution in [1.29, 1.82) is 0 Å². The zero-order valence-corrected chi connectivity index (χ0v) is 15.1. The lowest BCUT2D eigenvalue weighted by molar-refractivity contribution is -0.117. The van der Waals surface area contributed by atoms with Crippen LogP contribution in [0.1, 0.15) is 27.7 Å². The first-order valence-corrected chi connectivity index (χ1v) is 8.55. The van der Waals surface area contributed by atoms with Gasteiger partial charge in [-0.3, -0.25) is 9.69 Å². The molecule has 136 valence electrons. The first-order chi connectivity index (χ1) is 11.3. The Balaban J connectivity index is 2.64. The average Bonchev–Trinajstić information content (AvgIpc) is 2.51. The van der Waals surface area contributed by atoms with E-state index in [4.69, 9.17) is 0 Å². The van der Waals surface area contributed by atoms with Crippen molar-refractivity contribution in [3.63, 3.8) is 0 Å². The highest BCUT2D eigenvalue weighted by Gasteiger charge is 2.15. The number of amides is 1. The number of anilines is 1. The molecule has 0 aliphatic rings. The number of nitrogens with one attached hydrogen (secondary N) is 1. The van der Waals surface area contributed by atoms with Crippen LogP contribution in [-0.2, 0) is 4.79 Å². The third-order valence-electron chi connectivity index (χ3n) is 3.82. The molecular formula is C18H29F2N3O. The van der Waals surface area contributed by atoms with Crippen molar-refractivity contribution < 1.29 is 13.6 Å². The number of hydrogen-bond donors (Lipinski definition) is 1. The molecule has 0 radical (unpaired) electrons. The lowest BCUT2D eigenvalue weighted by atomic mass is 10.2. The van der Waals surface area contributed by atoms with Gasteiger partial charge in [0.2, 0.25) is 5.91 Å². The Kier molecular flexibility index (Phi) is 8.85. The fourth-order valence-electron chi connectivity index (χ4n) is 2.56. The van der Waals surface area contributed by atoms with E-state index in [9.17, 15) is 13.6 Å². The van der Waals surface area contributed by atoms with Crippen LogP contribution in [0, 0.1) is 17.6 Å². The molecule has 0 heterocycles. The largest absolute Gasteiger partial charge is 0.322 e. The standard InChI is InChI=1S/C18H29F2N3O/c1-5-22(6-2)9-10-23(12-14(3)4)13-18(24)21-17-11-15(19)7-8-16(17)20/h7-8,11,14H,5-6,9-10,12-13H2,1-4H3,(H,21,24). The Bertz CT molecular complexity index is 519. The van der Waals surface area contributed by atoms with Crippen molar-refractivity contribution in [1.82, 2.24) is 9.80 Å². The molecule has 0 fully saturated rings. The number of halogens is 2. The summed E-state index contributed by atoms with van der Waals surface area (Å²) >= 11 is 0. The van der Waals surface area contributed by atoms with Crippen molar-refractivity contribution in [2.45, 2.75) is 27.7 Å². The van der Waals surface area contributed by atoms with Crippen molar-refractivity contribution in [3.05, 3.63) is 29.8 Å². The van der Waals surface area contributed by atoms with Gasteiger partial charge in [0.1, 0.15) is 11.6 Å². The molecule has 0 bridgehead atoms. The molecule has 1 aromatic carbocycles. The maximum atomic E-state index is 13.6. The predicted molar refractivity (Wildman–Crippen MR) is 94.1 cm³/mol. The van der Waals surface area contributed by atoms with Gasteiger partial charge in [0, 0.05) is 25.7 Å². The first-order valence-electron chi connectivity index (χ1n) is 8.55. The lowest BCUT2D eigenvalue weighted by Crippen LogP contribution is -2.41. The topological polar surface area (TPSA) is 35.6 Å². The zero-order valence-electron chi connectivity index (χ0n) is 15.1. The molecule has 1 aromatic rings. The highest BCUT2D eigenvalue weighted by Crippen LogP contribution is 2.15. The van der Waals surface area contributed by atoms with Gasteiger partial charge in [0.25, 0.3) is 0 Å². The smallest absolute Gasteiger partial charge is 0.238 e. The van der Waals surface area contributed by atoms with Gasteiger partial charge in [0.15, 0.2) is 0 Å². The van der Waals surface area contributed by atoms with Gasteiger partial charge in [-0.25, -0.2) is 8.78 Å². The van der Waals surface area contributed by atoms with Gasteiger partial charge < -0.3 is 10.2 Å². The number of carbonyl (C=O) groups excluding carboxylic acids is 1. The molecule has 1 amide bonds. The number of hydrogen-bond acceptors (Lipinski definition) is 3. The van der Waals surface area contributed by atoms with Crippen LogP contribution in [-0.4, -0.2) is 55.0 Å². The number of nitrogens with zero attached hydrogens (tertiary/aromatic N) is 2. The molecule has 4 nitrogen and oxygen atoms in total. The van der Waals surface area contributed by atoms with Crippen molar-refractivity contribution in [2.24, 2.45) is 5.92 Å². The van der Waals surface area contributed by atoms with Gasteiger partial charge in [-0.2, -0.15) is 0 Å². The molecule has 0 saturated carbocycles. The molecule has 0 spiro atoms. The number of benzene rings is 1. The molecule has 24 heavy (non-hydrogen) atoms. The molecular weight excluding hydrogens is 312 g/mol. The second-order valence-electron chi connectivity index (χ2n) is 6.33. The van der Waals surface area contributed by atoms with E-state index in [2.05, 4.69) is 42.8 Å². The van der Waals surface area contributed by atoms with Crippen molar-refractivity contribution in [2.75, 3.05) is 44.6 Å². The summed E-state index contributed by atoms with van der Waals surface area (Å²) in [6, 6.07) is 3.03. The number of likely N-dealkylation sites (N-methyl/N-ethyl adjacent to an activating group) is 1. The molecule has 1 rings (SSSR count). The zero-order chi connectivity index (χ0) is 18.1. The van der Waals surface area contributed by atoms with E-state index in [0.717, 1.165) is 50.9 Å². The summed E-state index contributed by atoms with van der Waals surface area (Å²) in [6.07, 6.45) is 0. The Labute approximate surface area is 143 Å². The van der Waals surface area contributed by atoms with E-state index in [1.807, 2.05) is 0 Å².